The molecule has 0 saturated heterocycles. The van der Waals surface area contributed by atoms with Gasteiger partial charge in [-0.05, 0) is 12.1 Å². The third-order valence-corrected chi connectivity index (χ3v) is 3.12. The average Bonchev–Trinajstić information content (AvgIpc) is 2.24. The smallest absolute Gasteiger partial charge is 0.252 e. The molecule has 0 spiro atoms. The van der Waals surface area contributed by atoms with E-state index in [0.717, 1.165) is 6.26 Å². The standard InChI is InChI=1S/C10H14N2O3S/c1-16(14,15)9-5-3-2-4-8(9)10(13)12-7-6-11/h2-5H,6-7,11H2,1H3,(H,12,13). The summed E-state index contributed by atoms with van der Waals surface area (Å²) in [5.74, 6) is -0.425. The van der Waals surface area contributed by atoms with Crippen LogP contribution in [0.2, 0.25) is 0 Å². The number of hydrogen-bond acceptors (Lipinski definition) is 4. The van der Waals surface area contributed by atoms with Crippen LogP contribution in [-0.4, -0.2) is 33.7 Å². The number of carbonyl (C=O) groups is 1. The Morgan fingerprint density at radius 2 is 2.00 bits per heavy atom. The van der Waals surface area contributed by atoms with Crippen molar-refractivity contribution in [3.05, 3.63) is 29.8 Å². The van der Waals surface area contributed by atoms with Crippen LogP contribution in [0.5, 0.6) is 0 Å². The van der Waals surface area contributed by atoms with Gasteiger partial charge in [0.2, 0.25) is 0 Å². The van der Waals surface area contributed by atoms with Gasteiger partial charge in [0.05, 0.1) is 10.5 Å². The van der Waals surface area contributed by atoms with Crippen molar-refractivity contribution in [2.75, 3.05) is 19.3 Å². The first-order chi connectivity index (χ1) is 7.46. The van der Waals surface area contributed by atoms with Gasteiger partial charge in [0, 0.05) is 19.3 Å². The lowest BCUT2D eigenvalue weighted by molar-refractivity contribution is 0.0951. The summed E-state index contributed by atoms with van der Waals surface area (Å²) >= 11 is 0. The van der Waals surface area contributed by atoms with E-state index < -0.39 is 15.7 Å². The Hall–Kier alpha value is -1.40. The number of nitrogens with one attached hydrogen (secondary N) is 1. The Balaban J connectivity index is 3.09. The molecule has 0 aromatic heterocycles. The van der Waals surface area contributed by atoms with Crippen molar-refractivity contribution in [2.45, 2.75) is 4.90 Å². The maximum Gasteiger partial charge on any atom is 0.252 e. The number of sulfone groups is 1. The van der Waals surface area contributed by atoms with Gasteiger partial charge in [-0.3, -0.25) is 4.79 Å². The van der Waals surface area contributed by atoms with Crippen molar-refractivity contribution >= 4 is 15.7 Å². The van der Waals surface area contributed by atoms with Crippen LogP contribution in [-0.2, 0) is 9.84 Å². The molecule has 0 unspecified atom stereocenters. The quantitative estimate of drug-likeness (QED) is 0.763. The molecule has 0 bridgehead atoms. The lowest BCUT2D eigenvalue weighted by atomic mass is 10.2. The molecule has 5 nitrogen and oxygen atoms in total. The minimum absolute atomic E-state index is 0.0320. The third-order valence-electron chi connectivity index (χ3n) is 1.96. The highest BCUT2D eigenvalue weighted by Gasteiger charge is 2.17. The number of amides is 1. The second-order valence-electron chi connectivity index (χ2n) is 3.31. The molecular weight excluding hydrogens is 228 g/mol. The van der Waals surface area contributed by atoms with Crippen molar-refractivity contribution < 1.29 is 13.2 Å². The summed E-state index contributed by atoms with van der Waals surface area (Å²) in [6.45, 7) is 0.629. The van der Waals surface area contributed by atoms with Gasteiger partial charge >= 0.3 is 0 Å². The van der Waals surface area contributed by atoms with Gasteiger partial charge in [0.1, 0.15) is 0 Å². The fourth-order valence-corrected chi connectivity index (χ4v) is 2.14. The maximum absolute atomic E-state index is 11.6. The highest BCUT2D eigenvalue weighted by atomic mass is 32.2. The van der Waals surface area contributed by atoms with E-state index in [0.29, 0.717) is 13.1 Å². The van der Waals surface area contributed by atoms with Gasteiger partial charge in [0.25, 0.3) is 5.91 Å². The average molecular weight is 242 g/mol. The minimum Gasteiger partial charge on any atom is -0.351 e. The van der Waals surface area contributed by atoms with E-state index >= 15 is 0 Å². The second kappa shape index (κ2) is 5.09. The summed E-state index contributed by atoms with van der Waals surface area (Å²) in [4.78, 5) is 11.7. The van der Waals surface area contributed by atoms with Crippen molar-refractivity contribution in [1.82, 2.24) is 5.32 Å². The van der Waals surface area contributed by atoms with Crippen molar-refractivity contribution in [1.29, 1.82) is 0 Å². The van der Waals surface area contributed by atoms with Crippen LogP contribution < -0.4 is 11.1 Å². The van der Waals surface area contributed by atoms with Crippen LogP contribution >= 0.6 is 0 Å². The number of carbonyl (C=O) groups excluding carboxylic acids is 1. The molecule has 0 fully saturated rings. The largest absolute Gasteiger partial charge is 0.351 e. The summed E-state index contributed by atoms with van der Waals surface area (Å²) in [5.41, 5.74) is 5.40. The Labute approximate surface area is 94.6 Å². The van der Waals surface area contributed by atoms with Crippen LogP contribution in [0.3, 0.4) is 0 Å². The van der Waals surface area contributed by atoms with E-state index in [9.17, 15) is 13.2 Å². The molecule has 1 aromatic rings. The number of nitrogens with two attached hydrogens (primary N) is 1. The van der Waals surface area contributed by atoms with Gasteiger partial charge in [-0.15, -0.1) is 0 Å². The number of benzene rings is 1. The van der Waals surface area contributed by atoms with E-state index in [-0.39, 0.29) is 10.5 Å². The Kier molecular flexibility index (Phi) is 4.03. The van der Waals surface area contributed by atoms with Crippen LogP contribution in [0.4, 0.5) is 0 Å². The van der Waals surface area contributed by atoms with E-state index in [1.807, 2.05) is 0 Å². The van der Waals surface area contributed by atoms with E-state index in [1.165, 1.54) is 12.1 Å². The molecule has 0 aliphatic heterocycles. The van der Waals surface area contributed by atoms with Gasteiger partial charge in [-0.1, -0.05) is 12.1 Å². The molecule has 1 rings (SSSR count). The minimum atomic E-state index is -3.40. The van der Waals surface area contributed by atoms with E-state index in [2.05, 4.69) is 5.32 Å². The summed E-state index contributed by atoms with van der Waals surface area (Å²) in [7, 11) is -3.40. The molecule has 0 aliphatic carbocycles. The van der Waals surface area contributed by atoms with Crippen LogP contribution in [0, 0.1) is 0 Å². The molecule has 0 radical (unpaired) electrons. The Morgan fingerprint density at radius 3 is 2.56 bits per heavy atom. The summed E-state index contributed by atoms with van der Waals surface area (Å²) in [5, 5.41) is 2.53. The van der Waals surface area contributed by atoms with E-state index in [4.69, 9.17) is 5.73 Å². The topological polar surface area (TPSA) is 89.3 Å². The van der Waals surface area contributed by atoms with Crippen molar-refractivity contribution in [3.63, 3.8) is 0 Å². The monoisotopic (exact) mass is 242 g/mol. The van der Waals surface area contributed by atoms with Crippen LogP contribution in [0.15, 0.2) is 29.2 Å². The molecule has 0 saturated carbocycles. The lowest BCUT2D eigenvalue weighted by Gasteiger charge is -2.07. The highest BCUT2D eigenvalue weighted by molar-refractivity contribution is 7.90. The predicted molar refractivity (Wildman–Crippen MR) is 60.9 cm³/mol. The predicted octanol–water partition coefficient (Wildman–Crippen LogP) is -0.221. The van der Waals surface area contributed by atoms with Gasteiger partial charge in [-0.25, -0.2) is 8.42 Å². The zero-order valence-electron chi connectivity index (χ0n) is 8.93. The molecule has 16 heavy (non-hydrogen) atoms. The molecular formula is C10H14N2O3S. The molecule has 1 amide bonds. The summed E-state index contributed by atoms with van der Waals surface area (Å²) in [6, 6.07) is 6.08. The normalized spacial score (nSPS) is 11.1. The summed E-state index contributed by atoms with van der Waals surface area (Å²) in [6.07, 6.45) is 1.07. The zero-order chi connectivity index (χ0) is 12.2. The third kappa shape index (κ3) is 3.04. The lowest BCUT2D eigenvalue weighted by Crippen LogP contribution is -2.30. The van der Waals surface area contributed by atoms with Crippen LogP contribution in [0.1, 0.15) is 10.4 Å². The molecule has 3 N–H and O–H groups in total. The van der Waals surface area contributed by atoms with Crippen LogP contribution in [0.25, 0.3) is 0 Å². The van der Waals surface area contributed by atoms with Crippen molar-refractivity contribution in [2.24, 2.45) is 5.73 Å². The van der Waals surface area contributed by atoms with E-state index in [1.54, 1.807) is 12.1 Å². The highest BCUT2D eigenvalue weighted by Crippen LogP contribution is 2.14. The van der Waals surface area contributed by atoms with Gasteiger partial charge in [-0.2, -0.15) is 0 Å². The first-order valence-corrected chi connectivity index (χ1v) is 6.63. The fraction of sp³-hybridized carbons (Fsp3) is 0.300. The maximum atomic E-state index is 11.6. The molecule has 88 valence electrons. The molecule has 0 aliphatic rings. The Morgan fingerprint density at radius 1 is 1.38 bits per heavy atom. The molecule has 6 heteroatoms. The SMILES string of the molecule is CS(=O)(=O)c1ccccc1C(=O)NCCN. The van der Waals surface area contributed by atoms with Crippen molar-refractivity contribution in [3.8, 4) is 0 Å². The van der Waals surface area contributed by atoms with Gasteiger partial charge < -0.3 is 11.1 Å². The molecule has 0 atom stereocenters. The molecule has 1 aromatic carbocycles. The number of rotatable bonds is 4. The fourth-order valence-electron chi connectivity index (χ4n) is 1.26. The molecule has 0 heterocycles. The zero-order valence-corrected chi connectivity index (χ0v) is 9.75. The summed E-state index contributed by atoms with van der Waals surface area (Å²) < 4.78 is 22.9. The number of hydrogen-bond donors (Lipinski definition) is 2. The second-order valence-corrected chi connectivity index (χ2v) is 5.30. The Bertz CT molecular complexity index is 483. The van der Waals surface area contributed by atoms with Gasteiger partial charge in [0.15, 0.2) is 9.84 Å². The first kappa shape index (κ1) is 12.7. The first-order valence-electron chi connectivity index (χ1n) is 4.74.